The number of carbonyl (C=O) groups is 2. The number of rotatable bonds is 4. The van der Waals surface area contributed by atoms with E-state index in [-0.39, 0.29) is 17.6 Å². The van der Waals surface area contributed by atoms with Gasteiger partial charge in [-0.1, -0.05) is 18.2 Å². The standard InChI is InChI=1S/C19H17N3O3S2/c23-13-5-1-4-12(10-13)14-11-27-19(20-14)21-17(24)15-6-2-8-22(15)18(25)16-7-3-9-26-16/h1,3-5,7,9-11,15,23H,2,6,8H2,(H,20,21,24)/t15-/m0/s1. The number of thiazole rings is 1. The Morgan fingerprint density at radius 2 is 2.11 bits per heavy atom. The fourth-order valence-electron chi connectivity index (χ4n) is 3.14. The van der Waals surface area contributed by atoms with Crippen LogP contribution in [0.25, 0.3) is 11.3 Å². The largest absolute Gasteiger partial charge is 0.508 e. The molecule has 2 amide bonds. The number of nitrogens with one attached hydrogen (secondary N) is 1. The van der Waals surface area contributed by atoms with E-state index in [2.05, 4.69) is 10.3 Å². The van der Waals surface area contributed by atoms with Gasteiger partial charge >= 0.3 is 0 Å². The SMILES string of the molecule is O=C(Nc1nc(-c2cccc(O)c2)cs1)[C@@H]1CCCN1C(=O)c1cccs1. The fraction of sp³-hybridized carbons (Fsp3) is 0.211. The van der Waals surface area contributed by atoms with Crippen molar-refractivity contribution in [2.24, 2.45) is 0 Å². The molecule has 0 radical (unpaired) electrons. The van der Waals surface area contributed by atoms with Crippen LogP contribution in [0.4, 0.5) is 5.13 Å². The van der Waals surface area contributed by atoms with Crippen LogP contribution in [0, 0.1) is 0 Å². The summed E-state index contributed by atoms with van der Waals surface area (Å²) in [5, 5.41) is 16.6. The zero-order valence-electron chi connectivity index (χ0n) is 14.3. The Labute approximate surface area is 164 Å². The molecule has 6 nitrogen and oxygen atoms in total. The lowest BCUT2D eigenvalue weighted by atomic mass is 10.2. The normalized spacial score (nSPS) is 16.4. The minimum absolute atomic E-state index is 0.0951. The van der Waals surface area contributed by atoms with Gasteiger partial charge in [0.1, 0.15) is 11.8 Å². The third-order valence-electron chi connectivity index (χ3n) is 4.42. The second-order valence-electron chi connectivity index (χ2n) is 6.21. The molecule has 1 aliphatic heterocycles. The van der Waals surface area contributed by atoms with Crippen LogP contribution in [-0.4, -0.2) is 39.4 Å². The number of carbonyl (C=O) groups excluding carboxylic acids is 2. The van der Waals surface area contributed by atoms with Gasteiger partial charge in [-0.25, -0.2) is 4.98 Å². The van der Waals surface area contributed by atoms with Crippen molar-refractivity contribution in [1.82, 2.24) is 9.88 Å². The van der Waals surface area contributed by atoms with Crippen molar-refractivity contribution >= 4 is 39.6 Å². The summed E-state index contributed by atoms with van der Waals surface area (Å²) in [5.74, 6) is -0.142. The van der Waals surface area contributed by atoms with Gasteiger partial charge in [0.2, 0.25) is 5.91 Å². The van der Waals surface area contributed by atoms with Gasteiger partial charge in [0.05, 0.1) is 10.6 Å². The number of hydrogen-bond acceptors (Lipinski definition) is 6. The van der Waals surface area contributed by atoms with E-state index in [1.807, 2.05) is 22.9 Å². The first kappa shape index (κ1) is 17.7. The first-order chi connectivity index (χ1) is 13.1. The number of amides is 2. The van der Waals surface area contributed by atoms with Crippen molar-refractivity contribution < 1.29 is 14.7 Å². The second kappa shape index (κ2) is 7.50. The molecule has 1 aromatic carbocycles. The Hall–Kier alpha value is -2.71. The van der Waals surface area contributed by atoms with Crippen LogP contribution in [0.15, 0.2) is 47.2 Å². The summed E-state index contributed by atoms with van der Waals surface area (Å²) in [4.78, 5) is 32.1. The van der Waals surface area contributed by atoms with Crippen molar-refractivity contribution in [2.45, 2.75) is 18.9 Å². The molecule has 0 bridgehead atoms. The first-order valence-corrected chi connectivity index (χ1v) is 10.3. The fourth-order valence-corrected chi connectivity index (χ4v) is 4.54. The molecule has 4 rings (SSSR count). The lowest BCUT2D eigenvalue weighted by Crippen LogP contribution is -2.42. The van der Waals surface area contributed by atoms with Gasteiger partial charge in [0, 0.05) is 17.5 Å². The molecule has 2 N–H and O–H groups in total. The van der Waals surface area contributed by atoms with E-state index in [0.29, 0.717) is 28.7 Å². The number of aromatic nitrogens is 1. The van der Waals surface area contributed by atoms with Crippen LogP contribution >= 0.6 is 22.7 Å². The number of phenols is 1. The molecule has 3 aromatic rings. The highest BCUT2D eigenvalue weighted by atomic mass is 32.1. The van der Waals surface area contributed by atoms with Crippen molar-refractivity contribution in [1.29, 1.82) is 0 Å². The summed E-state index contributed by atoms with van der Waals surface area (Å²) >= 11 is 2.70. The van der Waals surface area contributed by atoms with Crippen molar-refractivity contribution in [3.8, 4) is 17.0 Å². The van der Waals surface area contributed by atoms with Gasteiger partial charge in [0.15, 0.2) is 5.13 Å². The Balaban J connectivity index is 1.46. The highest BCUT2D eigenvalue weighted by Gasteiger charge is 2.35. The monoisotopic (exact) mass is 399 g/mol. The molecule has 8 heteroatoms. The molecule has 2 aromatic heterocycles. The molecule has 1 atom stereocenters. The Morgan fingerprint density at radius 3 is 2.89 bits per heavy atom. The summed E-state index contributed by atoms with van der Waals surface area (Å²) in [6, 6.07) is 9.95. The van der Waals surface area contributed by atoms with E-state index in [4.69, 9.17) is 0 Å². The van der Waals surface area contributed by atoms with Crippen molar-refractivity contribution in [2.75, 3.05) is 11.9 Å². The molecule has 1 saturated heterocycles. The second-order valence-corrected chi connectivity index (χ2v) is 8.02. The van der Waals surface area contributed by atoms with Crippen LogP contribution in [-0.2, 0) is 4.79 Å². The zero-order chi connectivity index (χ0) is 18.8. The molecule has 3 heterocycles. The quantitative estimate of drug-likeness (QED) is 0.699. The zero-order valence-corrected chi connectivity index (χ0v) is 15.9. The minimum atomic E-state index is -0.479. The van der Waals surface area contributed by atoms with Crippen LogP contribution < -0.4 is 5.32 Å². The average molecular weight is 399 g/mol. The predicted molar refractivity (Wildman–Crippen MR) is 106 cm³/mol. The summed E-state index contributed by atoms with van der Waals surface area (Å²) in [6.45, 7) is 0.585. The minimum Gasteiger partial charge on any atom is -0.508 e. The highest BCUT2D eigenvalue weighted by molar-refractivity contribution is 7.14. The van der Waals surface area contributed by atoms with Crippen LogP contribution in [0.2, 0.25) is 0 Å². The first-order valence-electron chi connectivity index (χ1n) is 8.52. The molecule has 1 aliphatic rings. The number of benzene rings is 1. The number of aromatic hydroxyl groups is 1. The molecule has 0 saturated carbocycles. The third kappa shape index (κ3) is 3.72. The number of nitrogens with zero attached hydrogens (tertiary/aromatic N) is 2. The maximum Gasteiger partial charge on any atom is 0.264 e. The Kier molecular flexibility index (Phi) is 4.91. The number of anilines is 1. The Bertz CT molecular complexity index is 968. The van der Waals surface area contributed by atoms with Gasteiger partial charge in [-0.2, -0.15) is 0 Å². The van der Waals surface area contributed by atoms with Crippen LogP contribution in [0.3, 0.4) is 0 Å². The molecule has 138 valence electrons. The van der Waals surface area contributed by atoms with E-state index >= 15 is 0 Å². The summed E-state index contributed by atoms with van der Waals surface area (Å²) in [6.07, 6.45) is 1.45. The lowest BCUT2D eigenvalue weighted by Gasteiger charge is -2.22. The highest BCUT2D eigenvalue weighted by Crippen LogP contribution is 2.28. The summed E-state index contributed by atoms with van der Waals surface area (Å²) in [5.41, 5.74) is 1.46. The third-order valence-corrected chi connectivity index (χ3v) is 6.04. The average Bonchev–Trinajstić information content (AvgIpc) is 3.41. The van der Waals surface area contributed by atoms with E-state index < -0.39 is 6.04 Å². The molecular weight excluding hydrogens is 382 g/mol. The molecule has 0 spiro atoms. The molecule has 1 fully saturated rings. The summed E-state index contributed by atoms with van der Waals surface area (Å²) < 4.78 is 0. The predicted octanol–water partition coefficient (Wildman–Crippen LogP) is 3.82. The number of hydrogen-bond donors (Lipinski definition) is 2. The molecule has 0 aliphatic carbocycles. The van der Waals surface area contributed by atoms with Gasteiger partial charge in [-0.05, 0) is 36.4 Å². The van der Waals surface area contributed by atoms with E-state index in [0.717, 1.165) is 12.0 Å². The van der Waals surface area contributed by atoms with E-state index in [1.54, 1.807) is 29.2 Å². The van der Waals surface area contributed by atoms with Gasteiger partial charge in [-0.15, -0.1) is 22.7 Å². The molecule has 27 heavy (non-hydrogen) atoms. The smallest absolute Gasteiger partial charge is 0.264 e. The van der Waals surface area contributed by atoms with Crippen molar-refractivity contribution in [3.05, 3.63) is 52.0 Å². The Morgan fingerprint density at radius 1 is 1.22 bits per heavy atom. The van der Waals surface area contributed by atoms with Crippen LogP contribution in [0.1, 0.15) is 22.5 Å². The number of phenolic OH excluding ortho intramolecular Hbond substituents is 1. The lowest BCUT2D eigenvalue weighted by molar-refractivity contribution is -0.119. The maximum atomic E-state index is 12.7. The van der Waals surface area contributed by atoms with E-state index in [9.17, 15) is 14.7 Å². The van der Waals surface area contributed by atoms with Gasteiger partial charge in [-0.3, -0.25) is 9.59 Å². The van der Waals surface area contributed by atoms with Gasteiger partial charge < -0.3 is 15.3 Å². The van der Waals surface area contributed by atoms with Crippen molar-refractivity contribution in [3.63, 3.8) is 0 Å². The van der Waals surface area contributed by atoms with E-state index in [1.165, 1.54) is 22.7 Å². The topological polar surface area (TPSA) is 82.5 Å². The number of likely N-dealkylation sites (tertiary alicyclic amines) is 1. The van der Waals surface area contributed by atoms with Gasteiger partial charge in [0.25, 0.3) is 5.91 Å². The molecular formula is C19H17N3O3S2. The maximum absolute atomic E-state index is 12.7. The van der Waals surface area contributed by atoms with Crippen LogP contribution in [0.5, 0.6) is 5.75 Å². The number of thiophene rings is 1. The molecule has 0 unspecified atom stereocenters. The summed E-state index contributed by atoms with van der Waals surface area (Å²) in [7, 11) is 0.